The normalized spacial score (nSPS) is 33.9. The number of nitrogens with two attached hydrogens (primary N) is 2. The number of hydrogen-bond acceptors (Lipinski definition) is 5. The largest absolute Gasteiger partial charge is 0.397 e. The molecule has 0 amide bonds. The highest BCUT2D eigenvalue weighted by atomic mass is 16.3. The molecule has 0 heterocycles. The Morgan fingerprint density at radius 2 is 2.04 bits per heavy atom. The van der Waals surface area contributed by atoms with Gasteiger partial charge in [-0.2, -0.15) is 0 Å². The van der Waals surface area contributed by atoms with Gasteiger partial charge in [0.05, 0.1) is 11.3 Å². The minimum absolute atomic E-state index is 0.0174. The summed E-state index contributed by atoms with van der Waals surface area (Å²) in [5.41, 5.74) is 6.50. The zero-order valence-corrected chi connectivity index (χ0v) is 14.2. The molecule has 3 atom stereocenters. The molecule has 2 aliphatic rings. The molecule has 0 saturated heterocycles. The molecule has 1 aromatic rings. The van der Waals surface area contributed by atoms with Gasteiger partial charge in [0.25, 0.3) is 0 Å². The van der Waals surface area contributed by atoms with E-state index in [2.05, 4.69) is 6.92 Å². The summed E-state index contributed by atoms with van der Waals surface area (Å²) in [7, 11) is 0. The average molecular weight is 329 g/mol. The van der Waals surface area contributed by atoms with Crippen LogP contribution in [0.25, 0.3) is 5.70 Å². The first-order valence-electron chi connectivity index (χ1n) is 8.63. The number of rotatable bonds is 3. The van der Waals surface area contributed by atoms with Gasteiger partial charge in [-0.1, -0.05) is 37.3 Å². The van der Waals surface area contributed by atoms with Crippen LogP contribution in [-0.2, 0) is 4.79 Å². The van der Waals surface area contributed by atoms with Crippen molar-refractivity contribution in [1.82, 2.24) is 5.01 Å². The lowest BCUT2D eigenvalue weighted by Crippen LogP contribution is -2.59. The van der Waals surface area contributed by atoms with Crippen LogP contribution in [-0.4, -0.2) is 27.5 Å². The molecule has 5 nitrogen and oxygen atoms in total. The van der Waals surface area contributed by atoms with Crippen LogP contribution in [0, 0.1) is 5.41 Å². The highest BCUT2D eigenvalue weighted by Gasteiger charge is 2.54. The van der Waals surface area contributed by atoms with E-state index in [0.29, 0.717) is 18.5 Å². The third-order valence-electron chi connectivity index (χ3n) is 5.99. The Kier molecular flexibility index (Phi) is 4.40. The van der Waals surface area contributed by atoms with Crippen molar-refractivity contribution in [1.29, 1.82) is 0 Å². The Morgan fingerprint density at radius 1 is 1.33 bits per heavy atom. The zero-order valence-electron chi connectivity index (χ0n) is 14.2. The molecule has 2 saturated carbocycles. The molecule has 2 fully saturated rings. The van der Waals surface area contributed by atoms with Crippen LogP contribution < -0.4 is 11.6 Å². The fraction of sp³-hybridized carbons (Fsp3) is 0.526. The second-order valence-electron chi connectivity index (χ2n) is 7.60. The summed E-state index contributed by atoms with van der Waals surface area (Å²) in [5.74, 6) is 6.38. The van der Waals surface area contributed by atoms with Gasteiger partial charge in [-0.25, -0.2) is 5.84 Å². The van der Waals surface area contributed by atoms with Crippen LogP contribution in [0.5, 0.6) is 0 Å². The third-order valence-corrected chi connectivity index (χ3v) is 5.99. The molecule has 0 radical (unpaired) electrons. The van der Waals surface area contributed by atoms with Gasteiger partial charge in [0, 0.05) is 25.1 Å². The Balaban J connectivity index is 1.75. The molecular formula is C19H27N3O2. The molecule has 130 valence electrons. The number of fused-ring (bicyclic) bond motifs is 1. The standard InChI is InChI=1S/C19H27N3O2/c1-18-9-7-15(11-19(18,24)12-16(23)8-10-18)22(21)13-17(20)14-5-3-2-4-6-14/h2-6,13,15,24H,7-12,20-21H2,1H3/b17-13-/t15?,18-,19-/m1/s1. The van der Waals surface area contributed by atoms with Crippen LogP contribution in [0.1, 0.15) is 51.0 Å². The van der Waals surface area contributed by atoms with Gasteiger partial charge in [-0.3, -0.25) is 4.79 Å². The highest BCUT2D eigenvalue weighted by Crippen LogP contribution is 2.52. The first kappa shape index (κ1) is 17.0. The Hall–Kier alpha value is -1.85. The fourth-order valence-electron chi connectivity index (χ4n) is 4.15. The van der Waals surface area contributed by atoms with Gasteiger partial charge in [0.2, 0.25) is 0 Å². The predicted molar refractivity (Wildman–Crippen MR) is 94.2 cm³/mol. The van der Waals surface area contributed by atoms with Crippen molar-refractivity contribution < 1.29 is 9.90 Å². The quantitative estimate of drug-likeness (QED) is 0.584. The molecule has 5 N–H and O–H groups in total. The number of benzene rings is 1. The van der Waals surface area contributed by atoms with E-state index >= 15 is 0 Å². The molecule has 1 aromatic carbocycles. The molecular weight excluding hydrogens is 302 g/mol. The lowest BCUT2D eigenvalue weighted by Gasteiger charge is -2.54. The van der Waals surface area contributed by atoms with E-state index in [0.717, 1.165) is 24.8 Å². The fourth-order valence-corrected chi connectivity index (χ4v) is 4.15. The summed E-state index contributed by atoms with van der Waals surface area (Å²) < 4.78 is 0. The molecule has 2 aliphatic carbocycles. The second-order valence-corrected chi connectivity index (χ2v) is 7.60. The Bertz CT molecular complexity index is 645. The minimum atomic E-state index is -0.960. The highest BCUT2D eigenvalue weighted by molar-refractivity contribution is 5.80. The molecule has 0 spiro atoms. The van der Waals surface area contributed by atoms with Crippen LogP contribution in [0.15, 0.2) is 36.5 Å². The number of hydrogen-bond donors (Lipinski definition) is 3. The average Bonchev–Trinajstić information content (AvgIpc) is 2.56. The van der Waals surface area contributed by atoms with Gasteiger partial charge in [0.15, 0.2) is 0 Å². The summed E-state index contributed by atoms with van der Waals surface area (Å²) in [6.45, 7) is 2.10. The molecule has 1 unspecified atom stereocenters. The monoisotopic (exact) mass is 329 g/mol. The van der Waals surface area contributed by atoms with Crippen molar-refractivity contribution in [2.75, 3.05) is 0 Å². The molecule has 0 aromatic heterocycles. The zero-order chi connectivity index (χ0) is 17.4. The summed E-state index contributed by atoms with van der Waals surface area (Å²) in [4.78, 5) is 11.9. The summed E-state index contributed by atoms with van der Waals surface area (Å²) >= 11 is 0. The van der Waals surface area contributed by atoms with E-state index in [1.54, 1.807) is 11.2 Å². The van der Waals surface area contributed by atoms with Gasteiger partial charge < -0.3 is 15.8 Å². The van der Waals surface area contributed by atoms with Crippen LogP contribution in [0.3, 0.4) is 0 Å². The molecule has 3 rings (SSSR count). The lowest BCUT2D eigenvalue weighted by molar-refractivity contribution is -0.162. The number of aliphatic hydroxyl groups is 1. The summed E-state index contributed by atoms with van der Waals surface area (Å²) in [5, 5.41) is 12.7. The topological polar surface area (TPSA) is 92.6 Å². The van der Waals surface area contributed by atoms with Crippen LogP contribution >= 0.6 is 0 Å². The molecule has 5 heteroatoms. The van der Waals surface area contributed by atoms with Gasteiger partial charge in [-0.05, 0) is 36.7 Å². The number of carbonyl (C=O) groups is 1. The second kappa shape index (κ2) is 6.22. The predicted octanol–water partition coefficient (Wildman–Crippen LogP) is 2.16. The van der Waals surface area contributed by atoms with E-state index in [9.17, 15) is 9.90 Å². The van der Waals surface area contributed by atoms with Gasteiger partial charge in [-0.15, -0.1) is 0 Å². The van der Waals surface area contributed by atoms with Crippen molar-refractivity contribution in [3.05, 3.63) is 42.1 Å². The number of nitrogens with zero attached hydrogens (tertiary/aromatic N) is 1. The van der Waals surface area contributed by atoms with E-state index < -0.39 is 5.60 Å². The number of hydrazine groups is 1. The van der Waals surface area contributed by atoms with Crippen molar-refractivity contribution in [2.45, 2.75) is 57.1 Å². The van der Waals surface area contributed by atoms with Crippen LogP contribution in [0.2, 0.25) is 0 Å². The minimum Gasteiger partial charge on any atom is -0.397 e. The molecule has 0 bridgehead atoms. The number of ketones is 1. The molecule has 24 heavy (non-hydrogen) atoms. The Labute approximate surface area is 143 Å². The van der Waals surface area contributed by atoms with Crippen molar-refractivity contribution >= 4 is 11.5 Å². The maximum absolute atomic E-state index is 11.9. The van der Waals surface area contributed by atoms with Gasteiger partial charge in [0.1, 0.15) is 5.78 Å². The first-order chi connectivity index (χ1) is 11.3. The smallest absolute Gasteiger partial charge is 0.135 e. The first-order valence-corrected chi connectivity index (χ1v) is 8.63. The van der Waals surface area contributed by atoms with Gasteiger partial charge >= 0.3 is 0 Å². The Morgan fingerprint density at radius 3 is 2.75 bits per heavy atom. The lowest BCUT2D eigenvalue weighted by atomic mass is 9.56. The van der Waals surface area contributed by atoms with Crippen molar-refractivity contribution in [3.8, 4) is 0 Å². The number of Topliss-reactive ketones (excluding diaryl/α,β-unsaturated/α-hetero) is 1. The van der Waals surface area contributed by atoms with E-state index in [1.807, 2.05) is 30.3 Å². The summed E-state index contributed by atoms with van der Waals surface area (Å²) in [6, 6.07) is 9.65. The van der Waals surface area contributed by atoms with E-state index in [-0.39, 0.29) is 23.7 Å². The van der Waals surface area contributed by atoms with Crippen molar-refractivity contribution in [2.24, 2.45) is 17.0 Å². The summed E-state index contributed by atoms with van der Waals surface area (Å²) in [6.07, 6.45) is 5.58. The van der Waals surface area contributed by atoms with Crippen LogP contribution in [0.4, 0.5) is 0 Å². The third kappa shape index (κ3) is 3.06. The molecule has 0 aliphatic heterocycles. The van der Waals surface area contributed by atoms with Crippen molar-refractivity contribution in [3.63, 3.8) is 0 Å². The van der Waals surface area contributed by atoms with E-state index in [4.69, 9.17) is 11.6 Å². The SMILES string of the molecule is C[C@@]12CCC(=O)C[C@]1(O)CC(N(N)/C=C(\N)c1ccccc1)CC2. The maximum Gasteiger partial charge on any atom is 0.135 e. The maximum atomic E-state index is 11.9. The van der Waals surface area contributed by atoms with E-state index in [1.165, 1.54) is 0 Å². The number of carbonyl (C=O) groups excluding carboxylic acids is 1.